The van der Waals surface area contributed by atoms with Crippen LogP contribution in [0, 0.1) is 6.92 Å². The van der Waals surface area contributed by atoms with Crippen LogP contribution in [0.2, 0.25) is 0 Å². The summed E-state index contributed by atoms with van der Waals surface area (Å²) in [5.41, 5.74) is 0.963. The van der Waals surface area contributed by atoms with Crippen LogP contribution in [0.4, 0.5) is 8.78 Å². The van der Waals surface area contributed by atoms with Gasteiger partial charge in [-0.3, -0.25) is 14.5 Å². The minimum Gasteiger partial charge on any atom is -0.490 e. The van der Waals surface area contributed by atoms with E-state index in [1.807, 2.05) is 13.1 Å². The van der Waals surface area contributed by atoms with E-state index < -0.39 is 30.8 Å². The van der Waals surface area contributed by atoms with Crippen LogP contribution < -0.4 is 4.74 Å². The van der Waals surface area contributed by atoms with E-state index in [-0.39, 0.29) is 18.8 Å². The van der Waals surface area contributed by atoms with Gasteiger partial charge < -0.3 is 14.2 Å². The summed E-state index contributed by atoms with van der Waals surface area (Å²) in [7, 11) is 0. The molecule has 0 N–H and O–H groups in total. The van der Waals surface area contributed by atoms with E-state index in [1.165, 1.54) is 12.3 Å². The second-order valence-corrected chi connectivity index (χ2v) is 7.04. The highest BCUT2D eigenvalue weighted by Crippen LogP contribution is 2.33. The number of likely N-dealkylation sites (tertiary alicyclic amines) is 1. The van der Waals surface area contributed by atoms with Crippen LogP contribution in [-0.4, -0.2) is 55.8 Å². The quantitative estimate of drug-likeness (QED) is 0.629. The number of hydrogen-bond donors (Lipinski definition) is 0. The Morgan fingerprint density at radius 1 is 1.41 bits per heavy atom. The molecule has 1 atom stereocenters. The fourth-order valence-corrected chi connectivity index (χ4v) is 3.26. The molecule has 3 aromatic rings. The molecule has 3 aromatic heterocycles. The van der Waals surface area contributed by atoms with Crippen LogP contribution in [0.3, 0.4) is 0 Å². The number of ether oxygens (including phenoxy) is 1. The first kappa shape index (κ1) is 19.0. The second kappa shape index (κ2) is 7.61. The molecule has 152 valence electrons. The summed E-state index contributed by atoms with van der Waals surface area (Å²) in [6.07, 6.45) is 6.11. The lowest BCUT2D eigenvalue weighted by Gasteiger charge is -2.22. The van der Waals surface area contributed by atoms with Gasteiger partial charge >= 0.3 is 0 Å². The number of halogens is 2. The van der Waals surface area contributed by atoms with Crippen LogP contribution in [-0.2, 0) is 6.54 Å². The standard InChI is InChI=1S/C19H19F2N5O3/c1-13-7-23-25(9-13)10-16-5-17(24-29-16)18(27)26-12-19(20,21)6-14(26)11-28-15-3-2-4-22-8-15/h2-5,7-9,14H,6,10-12H2,1H3/t14-/m0/s1. The number of alkyl halides is 2. The smallest absolute Gasteiger partial charge is 0.276 e. The van der Waals surface area contributed by atoms with E-state index in [0.29, 0.717) is 11.5 Å². The van der Waals surface area contributed by atoms with E-state index in [9.17, 15) is 13.6 Å². The van der Waals surface area contributed by atoms with Crippen molar-refractivity contribution in [3.05, 3.63) is 60.0 Å². The lowest BCUT2D eigenvalue weighted by molar-refractivity contribution is 0.0115. The highest BCUT2D eigenvalue weighted by Gasteiger charge is 2.48. The molecular formula is C19H19F2N5O3. The Balaban J connectivity index is 1.45. The number of carbonyl (C=O) groups excluding carboxylic acids is 1. The van der Waals surface area contributed by atoms with Gasteiger partial charge in [0.2, 0.25) is 0 Å². The normalized spacial score (nSPS) is 18.2. The maximum atomic E-state index is 14.0. The van der Waals surface area contributed by atoms with Gasteiger partial charge in [-0.15, -0.1) is 0 Å². The SMILES string of the molecule is Cc1cnn(Cc2cc(C(=O)N3CC(F)(F)C[C@H]3COc3cccnc3)no2)c1. The Hall–Kier alpha value is -3.30. The van der Waals surface area contributed by atoms with Gasteiger partial charge in [-0.05, 0) is 24.6 Å². The predicted octanol–water partition coefficient (Wildman–Crippen LogP) is 2.55. The van der Waals surface area contributed by atoms with Gasteiger partial charge in [0.25, 0.3) is 11.8 Å². The average molecular weight is 403 g/mol. The topological polar surface area (TPSA) is 86.3 Å². The molecule has 0 unspecified atom stereocenters. The van der Waals surface area contributed by atoms with Crippen molar-refractivity contribution in [3.8, 4) is 5.75 Å². The third-order valence-electron chi connectivity index (χ3n) is 4.57. The van der Waals surface area contributed by atoms with Crippen molar-refractivity contribution in [2.24, 2.45) is 0 Å². The van der Waals surface area contributed by atoms with Gasteiger partial charge in [0, 0.05) is 24.9 Å². The third kappa shape index (κ3) is 4.41. The molecular weight excluding hydrogens is 384 g/mol. The summed E-state index contributed by atoms with van der Waals surface area (Å²) in [5, 5.41) is 7.90. The molecule has 0 aliphatic carbocycles. The van der Waals surface area contributed by atoms with Crippen molar-refractivity contribution in [2.75, 3.05) is 13.2 Å². The van der Waals surface area contributed by atoms with Crippen LogP contribution in [0.15, 0.2) is 47.5 Å². The third-order valence-corrected chi connectivity index (χ3v) is 4.57. The summed E-state index contributed by atoms with van der Waals surface area (Å²) in [4.78, 5) is 17.8. The number of rotatable bonds is 6. The Morgan fingerprint density at radius 2 is 2.28 bits per heavy atom. The molecule has 1 fully saturated rings. The molecule has 10 heteroatoms. The van der Waals surface area contributed by atoms with Crippen LogP contribution >= 0.6 is 0 Å². The van der Waals surface area contributed by atoms with Crippen molar-refractivity contribution in [1.29, 1.82) is 0 Å². The fraction of sp³-hybridized carbons (Fsp3) is 0.368. The van der Waals surface area contributed by atoms with Gasteiger partial charge in [-0.25, -0.2) is 8.78 Å². The molecule has 1 saturated heterocycles. The molecule has 29 heavy (non-hydrogen) atoms. The zero-order valence-electron chi connectivity index (χ0n) is 15.7. The molecule has 4 heterocycles. The molecule has 1 aliphatic heterocycles. The van der Waals surface area contributed by atoms with Crippen LogP contribution in [0.5, 0.6) is 5.75 Å². The molecule has 0 saturated carbocycles. The minimum atomic E-state index is -2.99. The summed E-state index contributed by atoms with van der Waals surface area (Å²) >= 11 is 0. The predicted molar refractivity (Wildman–Crippen MR) is 96.7 cm³/mol. The zero-order chi connectivity index (χ0) is 20.4. The molecule has 1 amide bonds. The number of nitrogens with zero attached hydrogens (tertiary/aromatic N) is 5. The fourth-order valence-electron chi connectivity index (χ4n) is 3.26. The monoisotopic (exact) mass is 403 g/mol. The maximum Gasteiger partial charge on any atom is 0.276 e. The van der Waals surface area contributed by atoms with Gasteiger partial charge in [-0.1, -0.05) is 5.16 Å². The first-order chi connectivity index (χ1) is 13.9. The van der Waals surface area contributed by atoms with Gasteiger partial charge in [-0.2, -0.15) is 5.10 Å². The maximum absolute atomic E-state index is 14.0. The van der Waals surface area contributed by atoms with Crippen LogP contribution in [0.25, 0.3) is 0 Å². The summed E-state index contributed by atoms with van der Waals surface area (Å²) in [6.45, 7) is 1.44. The van der Waals surface area contributed by atoms with Crippen molar-refractivity contribution >= 4 is 5.91 Å². The Bertz CT molecular complexity index is 989. The highest BCUT2D eigenvalue weighted by molar-refractivity contribution is 5.92. The Morgan fingerprint density at radius 3 is 3.00 bits per heavy atom. The number of carbonyl (C=O) groups is 1. The van der Waals surface area contributed by atoms with Gasteiger partial charge in [0.15, 0.2) is 11.5 Å². The Kier molecular flexibility index (Phi) is 4.99. The lowest BCUT2D eigenvalue weighted by atomic mass is 10.2. The molecule has 0 aromatic carbocycles. The minimum absolute atomic E-state index is 0.0204. The zero-order valence-corrected chi connectivity index (χ0v) is 15.7. The number of aromatic nitrogens is 4. The average Bonchev–Trinajstić information content (AvgIpc) is 3.40. The van der Waals surface area contributed by atoms with E-state index in [4.69, 9.17) is 9.26 Å². The number of pyridine rings is 1. The summed E-state index contributed by atoms with van der Waals surface area (Å²) in [5.74, 6) is -2.75. The Labute approximate surface area is 165 Å². The van der Waals surface area contributed by atoms with Crippen molar-refractivity contribution in [2.45, 2.75) is 31.9 Å². The van der Waals surface area contributed by atoms with Gasteiger partial charge in [0.05, 0.1) is 25.0 Å². The van der Waals surface area contributed by atoms with Crippen molar-refractivity contribution in [3.63, 3.8) is 0 Å². The lowest BCUT2D eigenvalue weighted by Crippen LogP contribution is -2.39. The molecule has 0 spiro atoms. The van der Waals surface area contributed by atoms with E-state index in [0.717, 1.165) is 10.5 Å². The first-order valence-corrected chi connectivity index (χ1v) is 9.06. The second-order valence-electron chi connectivity index (χ2n) is 7.04. The molecule has 1 aliphatic rings. The number of hydrogen-bond acceptors (Lipinski definition) is 6. The first-order valence-electron chi connectivity index (χ1n) is 9.06. The molecule has 8 nitrogen and oxygen atoms in total. The summed E-state index contributed by atoms with van der Waals surface area (Å²) < 4.78 is 40.4. The van der Waals surface area contributed by atoms with Gasteiger partial charge in [0.1, 0.15) is 18.9 Å². The molecule has 4 rings (SSSR count). The van der Waals surface area contributed by atoms with E-state index >= 15 is 0 Å². The van der Waals surface area contributed by atoms with Crippen molar-refractivity contribution in [1.82, 2.24) is 24.8 Å². The molecule has 0 radical (unpaired) electrons. The highest BCUT2D eigenvalue weighted by atomic mass is 19.3. The number of amides is 1. The summed E-state index contributed by atoms with van der Waals surface area (Å²) in [6, 6.07) is 4.02. The largest absolute Gasteiger partial charge is 0.490 e. The van der Waals surface area contributed by atoms with E-state index in [2.05, 4.69) is 15.2 Å². The molecule has 0 bridgehead atoms. The number of aryl methyl sites for hydroxylation is 1. The van der Waals surface area contributed by atoms with Crippen molar-refractivity contribution < 1.29 is 22.8 Å². The van der Waals surface area contributed by atoms with Crippen LogP contribution in [0.1, 0.15) is 28.2 Å². The van der Waals surface area contributed by atoms with E-state index in [1.54, 1.807) is 29.2 Å².